The predicted octanol–water partition coefficient (Wildman–Crippen LogP) is 5.90. The Labute approximate surface area is 280 Å². The molecule has 4 aliphatic heterocycles. The van der Waals surface area contributed by atoms with Crippen LogP contribution in [0.15, 0.2) is 85.0 Å². The van der Waals surface area contributed by atoms with Gasteiger partial charge in [-0.05, 0) is 61.0 Å². The maximum Gasteiger partial charge on any atom is 0.380 e. The van der Waals surface area contributed by atoms with Crippen LogP contribution in [0.2, 0.25) is 6.82 Å². The molecule has 252 valence electrons. The number of carbonyl (C=O) groups excluding carboxylic acids is 1. The Morgan fingerprint density at radius 3 is 1.83 bits per heavy atom. The highest BCUT2D eigenvalue weighted by Gasteiger charge is 2.56. The summed E-state index contributed by atoms with van der Waals surface area (Å²) in [5.74, 6) is -1.02. The molecule has 2 aromatic rings. The van der Waals surface area contributed by atoms with Crippen LogP contribution in [0.25, 0.3) is 0 Å². The van der Waals surface area contributed by atoms with E-state index in [1.54, 1.807) is 18.2 Å². The minimum absolute atomic E-state index is 0.150. The van der Waals surface area contributed by atoms with Crippen LogP contribution in [0, 0.1) is 10.8 Å². The van der Waals surface area contributed by atoms with E-state index in [0.717, 1.165) is 13.0 Å². The van der Waals surface area contributed by atoms with Gasteiger partial charge in [0.1, 0.15) is 5.60 Å². The minimum atomic E-state index is -0.614. The molecular weight excluding hydrogens is 593 g/mol. The van der Waals surface area contributed by atoms with Crippen LogP contribution >= 0.6 is 0 Å². The van der Waals surface area contributed by atoms with Gasteiger partial charge in [0.2, 0.25) is 0 Å². The van der Waals surface area contributed by atoms with E-state index in [-0.39, 0.29) is 29.3 Å². The van der Waals surface area contributed by atoms with Gasteiger partial charge < -0.3 is 33.5 Å². The first kappa shape index (κ1) is 34.2. The normalized spacial score (nSPS) is 28.9. The molecule has 2 aliphatic carbocycles. The van der Waals surface area contributed by atoms with Crippen LogP contribution in [0.3, 0.4) is 0 Å². The number of carbonyl (C=O) groups is 1. The van der Waals surface area contributed by atoms with Crippen LogP contribution in [-0.4, -0.2) is 79.4 Å². The van der Waals surface area contributed by atoms with Crippen LogP contribution in [0.1, 0.15) is 64.5 Å². The average Bonchev–Trinajstić information content (AvgIpc) is 3.87. The van der Waals surface area contributed by atoms with Crippen LogP contribution in [-0.2, 0) is 34.0 Å². The number of fused-ring (bicyclic) bond motifs is 1. The van der Waals surface area contributed by atoms with Crippen molar-refractivity contribution in [1.29, 1.82) is 0 Å². The first-order valence-electron chi connectivity index (χ1n) is 17.1. The van der Waals surface area contributed by atoms with E-state index < -0.39 is 17.7 Å². The Hall–Kier alpha value is -2.63. The second-order valence-corrected chi connectivity index (χ2v) is 14.8. The molecule has 6 aliphatic rings. The van der Waals surface area contributed by atoms with Crippen molar-refractivity contribution < 1.29 is 33.5 Å². The van der Waals surface area contributed by atoms with Crippen LogP contribution < -0.4 is 0 Å². The number of allylic oxidation sites excluding steroid dienone is 1. The number of benzene rings is 2. The minimum Gasteiger partial charge on any atom is -0.406 e. The third-order valence-electron chi connectivity index (χ3n) is 10.4. The molecule has 4 heterocycles. The maximum absolute atomic E-state index is 11.5. The lowest BCUT2D eigenvalue weighted by atomic mass is 9.76. The van der Waals surface area contributed by atoms with Crippen molar-refractivity contribution in [3.05, 3.63) is 96.1 Å². The zero-order chi connectivity index (χ0) is 33.3. The number of ketones is 1. The molecule has 8 nitrogen and oxygen atoms in total. The molecule has 8 rings (SSSR count). The van der Waals surface area contributed by atoms with Gasteiger partial charge in [-0.25, -0.2) is 0 Å². The quantitative estimate of drug-likeness (QED) is 0.320. The van der Waals surface area contributed by atoms with Crippen LogP contribution in [0.5, 0.6) is 0 Å². The highest BCUT2D eigenvalue weighted by atomic mass is 16.7. The number of hydrogen-bond donors (Lipinski definition) is 1. The molecule has 0 amide bonds. The first-order valence-corrected chi connectivity index (χ1v) is 17.1. The third kappa shape index (κ3) is 6.82. The van der Waals surface area contributed by atoms with E-state index in [1.807, 2.05) is 33.8 Å². The lowest BCUT2D eigenvalue weighted by Gasteiger charge is -2.39. The third-order valence-corrected chi connectivity index (χ3v) is 10.4. The first-order chi connectivity index (χ1) is 22.4. The summed E-state index contributed by atoms with van der Waals surface area (Å²) in [4.78, 5) is 14.0. The summed E-state index contributed by atoms with van der Waals surface area (Å²) in [6, 6.07) is 21.9. The molecule has 2 aromatic carbocycles. The zero-order valence-corrected chi connectivity index (χ0v) is 28.5. The largest absolute Gasteiger partial charge is 0.406 e. The number of nitrogens with zero attached hydrogens (tertiary/aromatic N) is 1. The SMILES string of the molecule is CB1OC(c2ccccc2)(c2ccccc2)[C@@H]2CCCN12.CC1(C)CC2(C=CC1=O)OCCO2.CC1(C)CC2(C=C[C@H]1O)OCCO2. The molecule has 0 saturated carbocycles. The molecule has 2 spiro atoms. The fourth-order valence-corrected chi connectivity index (χ4v) is 7.96. The lowest BCUT2D eigenvalue weighted by Crippen LogP contribution is -2.43. The van der Waals surface area contributed by atoms with E-state index in [4.69, 9.17) is 23.6 Å². The van der Waals surface area contributed by atoms with Gasteiger partial charge in [-0.2, -0.15) is 0 Å². The summed E-state index contributed by atoms with van der Waals surface area (Å²) < 4.78 is 28.7. The molecule has 0 bridgehead atoms. The van der Waals surface area contributed by atoms with Crippen molar-refractivity contribution in [3.63, 3.8) is 0 Å². The van der Waals surface area contributed by atoms with Crippen LogP contribution in [0.4, 0.5) is 0 Å². The van der Waals surface area contributed by atoms with Gasteiger partial charge in [-0.1, -0.05) is 94.4 Å². The molecule has 47 heavy (non-hydrogen) atoms. The number of aliphatic hydroxyl groups excluding tert-OH is 1. The fraction of sp³-hybridized carbons (Fsp3) is 0.553. The molecule has 1 N–H and O–H groups in total. The molecule has 0 radical (unpaired) electrons. The fourth-order valence-electron chi connectivity index (χ4n) is 7.96. The van der Waals surface area contributed by atoms with E-state index in [9.17, 15) is 9.90 Å². The van der Waals surface area contributed by atoms with Crippen molar-refractivity contribution in [3.8, 4) is 0 Å². The predicted molar refractivity (Wildman–Crippen MR) is 181 cm³/mol. The second kappa shape index (κ2) is 13.4. The molecule has 9 heteroatoms. The Morgan fingerprint density at radius 1 is 0.787 bits per heavy atom. The number of hydrogen-bond acceptors (Lipinski definition) is 8. The number of aliphatic hydroxyl groups is 1. The summed E-state index contributed by atoms with van der Waals surface area (Å²) in [6.07, 6.45) is 10.3. The van der Waals surface area contributed by atoms with Crippen molar-refractivity contribution >= 4 is 12.8 Å². The van der Waals surface area contributed by atoms with E-state index in [0.29, 0.717) is 38.9 Å². The summed E-state index contributed by atoms with van der Waals surface area (Å²) in [5, 5.41) is 9.68. The molecule has 0 aromatic heterocycles. The topological polar surface area (TPSA) is 86.7 Å². The summed E-state index contributed by atoms with van der Waals surface area (Å²) >= 11 is 0. The second-order valence-electron chi connectivity index (χ2n) is 14.8. The Bertz CT molecular complexity index is 1390. The van der Waals surface area contributed by atoms with Gasteiger partial charge in [-0.3, -0.25) is 4.79 Å². The summed E-state index contributed by atoms with van der Waals surface area (Å²) in [6.45, 7) is 13.8. The maximum atomic E-state index is 11.5. The number of ether oxygens (including phenoxy) is 4. The Kier molecular flexibility index (Phi) is 9.73. The van der Waals surface area contributed by atoms with Crippen molar-refractivity contribution in [2.24, 2.45) is 10.8 Å². The van der Waals surface area contributed by atoms with Gasteiger partial charge in [0.05, 0.1) is 32.5 Å². The average molecular weight is 644 g/mol. The summed E-state index contributed by atoms with van der Waals surface area (Å²) in [7, 11) is 0.179. The van der Waals surface area contributed by atoms with E-state index >= 15 is 0 Å². The standard InChI is InChI=1S/C18H20BNO.C10H16O3.C10H14O3/c1-19-20-14-8-13-17(20)18(21-19,15-9-4-2-5-10-15)16-11-6-3-7-12-16;2*1-9(2)7-10(4-3-8(9)11)12-5-6-13-10/h2-7,9-12,17H,8,13-14H2,1H3;3-4,8,11H,5-7H2,1-2H3;3-4H,5-7H2,1-2H3/t17-;8-;/m01./s1. The molecule has 2 atom stereocenters. The highest BCUT2D eigenvalue weighted by molar-refractivity contribution is 6.48. The van der Waals surface area contributed by atoms with Crippen molar-refractivity contribution in [2.75, 3.05) is 33.0 Å². The van der Waals surface area contributed by atoms with Gasteiger partial charge in [0.25, 0.3) is 0 Å². The van der Waals surface area contributed by atoms with Gasteiger partial charge in [0, 0.05) is 24.3 Å². The number of rotatable bonds is 2. The summed E-state index contributed by atoms with van der Waals surface area (Å²) in [5.41, 5.74) is 1.70. The smallest absolute Gasteiger partial charge is 0.380 e. The monoisotopic (exact) mass is 643 g/mol. The zero-order valence-electron chi connectivity index (χ0n) is 28.5. The van der Waals surface area contributed by atoms with Gasteiger partial charge in [-0.15, -0.1) is 0 Å². The molecular formula is C38H50BNO7. The Balaban J connectivity index is 0.000000130. The van der Waals surface area contributed by atoms with Crippen molar-refractivity contribution in [1.82, 2.24) is 4.81 Å². The van der Waals surface area contributed by atoms with Gasteiger partial charge >= 0.3 is 7.05 Å². The molecule has 4 fully saturated rings. The lowest BCUT2D eigenvalue weighted by molar-refractivity contribution is -0.156. The van der Waals surface area contributed by atoms with Crippen molar-refractivity contribution in [2.45, 2.75) is 89.5 Å². The van der Waals surface area contributed by atoms with E-state index in [2.05, 4.69) is 72.3 Å². The van der Waals surface area contributed by atoms with Gasteiger partial charge in [0.15, 0.2) is 17.4 Å². The Morgan fingerprint density at radius 2 is 1.32 bits per heavy atom. The highest BCUT2D eigenvalue weighted by Crippen LogP contribution is 2.49. The van der Waals surface area contributed by atoms with E-state index in [1.165, 1.54) is 24.0 Å². The molecule has 4 saturated heterocycles. The molecule has 0 unspecified atom stereocenters.